The summed E-state index contributed by atoms with van der Waals surface area (Å²) in [5, 5.41) is 0.347. The van der Waals surface area contributed by atoms with E-state index in [-0.39, 0.29) is 28.9 Å². The van der Waals surface area contributed by atoms with Crippen LogP contribution in [0.4, 0.5) is 0 Å². The molecule has 0 aromatic heterocycles. The molecule has 20 heavy (non-hydrogen) atoms. The Labute approximate surface area is 124 Å². The maximum Gasteiger partial charge on any atom is 0.240 e. The minimum absolute atomic E-state index is 0.0457. The number of hydrogen-bond acceptors (Lipinski definition) is 4. The van der Waals surface area contributed by atoms with Crippen molar-refractivity contribution >= 4 is 31.5 Å². The first-order chi connectivity index (χ1) is 9.20. The summed E-state index contributed by atoms with van der Waals surface area (Å²) in [6, 6.07) is 4.65. The van der Waals surface area contributed by atoms with Crippen molar-refractivity contribution in [2.75, 3.05) is 18.1 Å². The predicted octanol–water partition coefficient (Wildman–Crippen LogP) is 1.36. The summed E-state index contributed by atoms with van der Waals surface area (Å²) in [6.07, 6.45) is 0.499. The van der Waals surface area contributed by atoms with Gasteiger partial charge in [-0.2, -0.15) is 0 Å². The monoisotopic (exact) mass is 337 g/mol. The van der Waals surface area contributed by atoms with E-state index in [0.717, 1.165) is 0 Å². The first-order valence-corrected chi connectivity index (χ1v) is 9.84. The smallest absolute Gasteiger partial charge is 0.229 e. The molecule has 0 bridgehead atoms. The van der Waals surface area contributed by atoms with Crippen LogP contribution in [0.15, 0.2) is 23.1 Å². The number of hydrogen-bond donors (Lipinski definition) is 1. The first kappa shape index (κ1) is 15.8. The zero-order valence-corrected chi connectivity index (χ0v) is 13.4. The molecule has 1 aromatic carbocycles. The van der Waals surface area contributed by atoms with Crippen molar-refractivity contribution in [1.82, 2.24) is 4.72 Å². The molecule has 0 aliphatic carbocycles. The van der Waals surface area contributed by atoms with Crippen molar-refractivity contribution in [2.24, 2.45) is 5.92 Å². The van der Waals surface area contributed by atoms with Gasteiger partial charge in [0.15, 0.2) is 9.84 Å². The van der Waals surface area contributed by atoms with Gasteiger partial charge in [0.25, 0.3) is 0 Å². The van der Waals surface area contributed by atoms with Gasteiger partial charge in [-0.25, -0.2) is 21.6 Å². The van der Waals surface area contributed by atoms with Gasteiger partial charge in [-0.1, -0.05) is 17.7 Å². The van der Waals surface area contributed by atoms with E-state index in [4.69, 9.17) is 11.6 Å². The SMILES string of the molecule is Cc1ccc(Cl)cc1S(=O)(=O)NCC1CCS(=O)(=O)C1. The molecule has 2 rings (SSSR count). The predicted molar refractivity (Wildman–Crippen MR) is 78.1 cm³/mol. The van der Waals surface area contributed by atoms with Gasteiger partial charge in [0.1, 0.15) is 0 Å². The van der Waals surface area contributed by atoms with Crippen LogP contribution in [0.1, 0.15) is 12.0 Å². The average molecular weight is 338 g/mol. The summed E-state index contributed by atoms with van der Waals surface area (Å²) < 4.78 is 49.6. The zero-order valence-electron chi connectivity index (χ0n) is 11.0. The maximum absolute atomic E-state index is 12.2. The van der Waals surface area contributed by atoms with Crippen molar-refractivity contribution in [3.63, 3.8) is 0 Å². The second kappa shape index (κ2) is 5.63. The highest BCUT2D eigenvalue weighted by Gasteiger charge is 2.29. The standard InChI is InChI=1S/C12H16ClNO4S2/c1-9-2-3-11(13)6-12(9)20(17,18)14-7-10-4-5-19(15,16)8-10/h2-3,6,10,14H,4-5,7-8H2,1H3. The lowest BCUT2D eigenvalue weighted by molar-refractivity contribution is 0.543. The highest BCUT2D eigenvalue weighted by atomic mass is 35.5. The van der Waals surface area contributed by atoms with Crippen molar-refractivity contribution in [3.05, 3.63) is 28.8 Å². The molecular formula is C12H16ClNO4S2. The Morgan fingerprint density at radius 3 is 2.70 bits per heavy atom. The van der Waals surface area contributed by atoms with E-state index in [1.807, 2.05) is 0 Å². The molecule has 1 fully saturated rings. The van der Waals surface area contributed by atoms with Gasteiger partial charge in [-0.15, -0.1) is 0 Å². The number of halogens is 1. The molecule has 0 radical (unpaired) electrons. The summed E-state index contributed by atoms with van der Waals surface area (Å²) in [5.41, 5.74) is 0.598. The van der Waals surface area contributed by atoms with Gasteiger partial charge in [-0.3, -0.25) is 0 Å². The fourth-order valence-corrected chi connectivity index (χ4v) is 5.69. The Hall–Kier alpha value is -0.630. The van der Waals surface area contributed by atoms with Gasteiger partial charge >= 0.3 is 0 Å². The largest absolute Gasteiger partial charge is 0.240 e. The van der Waals surface area contributed by atoms with Crippen LogP contribution in [-0.4, -0.2) is 34.9 Å². The summed E-state index contributed by atoms with van der Waals surface area (Å²) in [6.45, 7) is 1.82. The Kier molecular flexibility index (Phi) is 4.44. The van der Waals surface area contributed by atoms with Crippen molar-refractivity contribution in [2.45, 2.75) is 18.2 Å². The molecule has 8 heteroatoms. The first-order valence-electron chi connectivity index (χ1n) is 6.16. The van der Waals surface area contributed by atoms with Crippen molar-refractivity contribution < 1.29 is 16.8 Å². The van der Waals surface area contributed by atoms with E-state index in [2.05, 4.69) is 4.72 Å². The average Bonchev–Trinajstić information content (AvgIpc) is 2.70. The Balaban J connectivity index is 2.10. The Bertz CT molecular complexity index is 713. The van der Waals surface area contributed by atoms with Gasteiger partial charge < -0.3 is 0 Å². The van der Waals surface area contributed by atoms with Crippen LogP contribution in [0.3, 0.4) is 0 Å². The van der Waals surface area contributed by atoms with E-state index in [1.165, 1.54) is 6.07 Å². The molecule has 0 amide bonds. The molecule has 1 unspecified atom stereocenters. The van der Waals surface area contributed by atoms with Crippen LogP contribution in [-0.2, 0) is 19.9 Å². The third-order valence-corrected chi connectivity index (χ3v) is 6.97. The lowest BCUT2D eigenvalue weighted by Gasteiger charge is -2.12. The molecule has 0 saturated carbocycles. The van der Waals surface area contributed by atoms with Gasteiger partial charge in [0, 0.05) is 11.6 Å². The summed E-state index contributed by atoms with van der Waals surface area (Å²) in [5.74, 6) is 0.0221. The van der Waals surface area contributed by atoms with Crippen molar-refractivity contribution in [3.8, 4) is 0 Å². The minimum atomic E-state index is -3.67. The Morgan fingerprint density at radius 1 is 1.40 bits per heavy atom. The fourth-order valence-electron chi connectivity index (χ4n) is 2.20. The minimum Gasteiger partial charge on any atom is -0.229 e. The van der Waals surface area contributed by atoms with E-state index in [0.29, 0.717) is 17.0 Å². The molecule has 1 heterocycles. The molecule has 1 atom stereocenters. The second-order valence-electron chi connectivity index (χ2n) is 5.03. The molecule has 112 valence electrons. The molecule has 0 spiro atoms. The normalized spacial score (nSPS) is 22.0. The molecular weight excluding hydrogens is 322 g/mol. The van der Waals surface area contributed by atoms with Crippen molar-refractivity contribution in [1.29, 1.82) is 0 Å². The quantitative estimate of drug-likeness (QED) is 0.899. The lowest BCUT2D eigenvalue weighted by atomic mass is 10.1. The van der Waals surface area contributed by atoms with Crippen LogP contribution >= 0.6 is 11.6 Å². The number of sulfone groups is 1. The van der Waals surface area contributed by atoms with E-state index in [1.54, 1.807) is 19.1 Å². The van der Waals surface area contributed by atoms with E-state index >= 15 is 0 Å². The zero-order chi connectivity index (χ0) is 15.0. The number of benzene rings is 1. The summed E-state index contributed by atoms with van der Waals surface area (Å²) >= 11 is 5.82. The fraction of sp³-hybridized carbons (Fsp3) is 0.500. The number of aryl methyl sites for hydroxylation is 1. The number of nitrogens with one attached hydrogen (secondary N) is 1. The van der Waals surface area contributed by atoms with Crippen LogP contribution in [0.2, 0.25) is 5.02 Å². The van der Waals surface area contributed by atoms with Gasteiger partial charge in [0.05, 0.1) is 16.4 Å². The third-order valence-electron chi connectivity index (χ3n) is 3.33. The number of sulfonamides is 1. The summed E-state index contributed by atoms with van der Waals surface area (Å²) in [4.78, 5) is 0.130. The molecule has 1 aromatic rings. The maximum atomic E-state index is 12.2. The van der Waals surface area contributed by atoms with E-state index in [9.17, 15) is 16.8 Å². The topological polar surface area (TPSA) is 80.3 Å². The van der Waals surface area contributed by atoms with Crippen LogP contribution < -0.4 is 4.72 Å². The summed E-state index contributed by atoms with van der Waals surface area (Å²) in [7, 11) is -6.67. The lowest BCUT2D eigenvalue weighted by Crippen LogP contribution is -2.30. The molecule has 1 aliphatic heterocycles. The highest BCUT2D eigenvalue weighted by Crippen LogP contribution is 2.21. The van der Waals surface area contributed by atoms with Gasteiger partial charge in [0.2, 0.25) is 10.0 Å². The van der Waals surface area contributed by atoms with E-state index < -0.39 is 19.9 Å². The highest BCUT2D eigenvalue weighted by molar-refractivity contribution is 7.91. The van der Waals surface area contributed by atoms with Gasteiger partial charge in [-0.05, 0) is 37.0 Å². The third kappa shape index (κ3) is 3.72. The van der Waals surface area contributed by atoms with Crippen LogP contribution in [0.5, 0.6) is 0 Å². The molecule has 1 aliphatic rings. The molecule has 1 saturated heterocycles. The Morgan fingerprint density at radius 2 is 2.10 bits per heavy atom. The molecule has 5 nitrogen and oxygen atoms in total. The number of rotatable bonds is 4. The second-order valence-corrected chi connectivity index (χ2v) is 9.43. The van der Waals surface area contributed by atoms with Crippen LogP contribution in [0.25, 0.3) is 0 Å². The molecule has 1 N–H and O–H groups in total. The van der Waals surface area contributed by atoms with Crippen LogP contribution in [0, 0.1) is 12.8 Å².